The van der Waals surface area contributed by atoms with E-state index in [1.165, 1.54) is 4.90 Å². The van der Waals surface area contributed by atoms with E-state index in [1.807, 2.05) is 44.2 Å². The fourth-order valence-corrected chi connectivity index (χ4v) is 2.34. The molecule has 2 rings (SSSR count). The number of likely N-dealkylation sites (N-methyl/N-ethyl adjacent to an activating group) is 2. The fraction of sp³-hybridized carbons (Fsp3) is 0.389. The summed E-state index contributed by atoms with van der Waals surface area (Å²) in [5, 5.41) is 2.70. The van der Waals surface area contributed by atoms with E-state index >= 15 is 0 Å². The third kappa shape index (κ3) is 4.94. The first-order chi connectivity index (χ1) is 11.6. The summed E-state index contributed by atoms with van der Waals surface area (Å²) in [5.74, 6) is 0.988. The molecule has 24 heavy (non-hydrogen) atoms. The van der Waals surface area contributed by atoms with E-state index in [4.69, 9.17) is 4.42 Å². The second-order valence-corrected chi connectivity index (χ2v) is 5.35. The molecule has 6 nitrogen and oxygen atoms in total. The Balaban J connectivity index is 1.89. The molecule has 1 aromatic carbocycles. The monoisotopic (exact) mass is 329 g/mol. The highest BCUT2D eigenvalue weighted by Crippen LogP contribution is 2.20. The quantitative estimate of drug-likeness (QED) is 0.806. The minimum Gasteiger partial charge on any atom is -0.441 e. The maximum Gasteiger partial charge on any atom is 0.239 e. The van der Waals surface area contributed by atoms with Crippen molar-refractivity contribution in [2.24, 2.45) is 0 Å². The van der Waals surface area contributed by atoms with Crippen LogP contribution in [-0.4, -0.2) is 41.3 Å². The molecule has 2 aromatic rings. The van der Waals surface area contributed by atoms with Crippen LogP contribution in [0.25, 0.3) is 11.3 Å². The Kier molecular flexibility index (Phi) is 6.54. The highest BCUT2D eigenvalue weighted by atomic mass is 16.4. The van der Waals surface area contributed by atoms with Crippen molar-refractivity contribution in [3.05, 3.63) is 42.4 Å². The largest absolute Gasteiger partial charge is 0.441 e. The average molecular weight is 329 g/mol. The lowest BCUT2D eigenvalue weighted by atomic mass is 10.2. The van der Waals surface area contributed by atoms with Gasteiger partial charge in [0.25, 0.3) is 0 Å². The van der Waals surface area contributed by atoms with Crippen LogP contribution < -0.4 is 5.32 Å². The van der Waals surface area contributed by atoms with E-state index in [1.54, 1.807) is 6.20 Å². The molecule has 128 valence electrons. The normalized spacial score (nSPS) is 10.4. The first kappa shape index (κ1) is 17.7. The van der Waals surface area contributed by atoms with Crippen molar-refractivity contribution in [2.75, 3.05) is 19.6 Å². The predicted octanol–water partition coefficient (Wildman–Crippen LogP) is 2.26. The van der Waals surface area contributed by atoms with Gasteiger partial charge < -0.3 is 14.6 Å². The molecule has 1 N–H and O–H groups in total. The number of aryl methyl sites for hydroxylation is 1. The molecule has 1 heterocycles. The molecular formula is C18H23N3O3. The Morgan fingerprint density at radius 3 is 2.62 bits per heavy atom. The molecule has 0 aliphatic carbocycles. The Hall–Kier alpha value is -2.63. The maximum absolute atomic E-state index is 12.2. The van der Waals surface area contributed by atoms with Gasteiger partial charge in [0.15, 0.2) is 11.7 Å². The summed E-state index contributed by atoms with van der Waals surface area (Å²) in [5.41, 5.74) is 0.953. The third-order valence-electron chi connectivity index (χ3n) is 3.61. The number of carbonyl (C=O) groups excluding carboxylic acids is 2. The maximum atomic E-state index is 12.2. The number of oxazole rings is 1. The van der Waals surface area contributed by atoms with Gasteiger partial charge in [-0.3, -0.25) is 9.59 Å². The van der Waals surface area contributed by atoms with Crippen molar-refractivity contribution in [3.63, 3.8) is 0 Å². The van der Waals surface area contributed by atoms with Gasteiger partial charge in [0.2, 0.25) is 11.8 Å². The SMILES string of the molecule is CCNC(=O)CN(CC)C(=O)CCc1ncc(-c2ccccc2)o1. The number of carbonyl (C=O) groups is 2. The van der Waals surface area contributed by atoms with Crippen LogP contribution in [0.15, 0.2) is 40.9 Å². The second-order valence-electron chi connectivity index (χ2n) is 5.35. The van der Waals surface area contributed by atoms with Crippen molar-refractivity contribution in [1.29, 1.82) is 0 Å². The first-order valence-corrected chi connectivity index (χ1v) is 8.18. The summed E-state index contributed by atoms with van der Waals surface area (Å²) in [6.45, 7) is 4.85. The highest BCUT2D eigenvalue weighted by Gasteiger charge is 2.16. The molecule has 0 fully saturated rings. The van der Waals surface area contributed by atoms with Gasteiger partial charge in [0.05, 0.1) is 12.7 Å². The zero-order valence-corrected chi connectivity index (χ0v) is 14.1. The van der Waals surface area contributed by atoms with Crippen molar-refractivity contribution in [3.8, 4) is 11.3 Å². The molecule has 0 radical (unpaired) electrons. The summed E-state index contributed by atoms with van der Waals surface area (Å²) in [6, 6.07) is 9.69. The number of hydrogen-bond donors (Lipinski definition) is 1. The van der Waals surface area contributed by atoms with Crippen molar-refractivity contribution in [2.45, 2.75) is 26.7 Å². The minimum atomic E-state index is -0.143. The summed E-state index contributed by atoms with van der Waals surface area (Å²) >= 11 is 0. The van der Waals surface area contributed by atoms with E-state index in [2.05, 4.69) is 10.3 Å². The van der Waals surface area contributed by atoms with Crippen LogP contribution in [0.5, 0.6) is 0 Å². The van der Waals surface area contributed by atoms with E-state index in [-0.39, 0.29) is 24.8 Å². The van der Waals surface area contributed by atoms with E-state index < -0.39 is 0 Å². The van der Waals surface area contributed by atoms with Gasteiger partial charge in [0.1, 0.15) is 0 Å². The molecule has 0 saturated heterocycles. The number of nitrogens with one attached hydrogen (secondary N) is 1. The van der Waals surface area contributed by atoms with E-state index in [0.717, 1.165) is 5.56 Å². The number of hydrogen-bond acceptors (Lipinski definition) is 4. The fourth-order valence-electron chi connectivity index (χ4n) is 2.34. The Morgan fingerprint density at radius 1 is 1.21 bits per heavy atom. The zero-order valence-electron chi connectivity index (χ0n) is 14.1. The Morgan fingerprint density at radius 2 is 1.96 bits per heavy atom. The zero-order chi connectivity index (χ0) is 17.4. The molecule has 6 heteroatoms. The molecule has 0 unspecified atom stereocenters. The van der Waals surface area contributed by atoms with Crippen LogP contribution in [-0.2, 0) is 16.0 Å². The highest BCUT2D eigenvalue weighted by molar-refractivity contribution is 5.84. The predicted molar refractivity (Wildman–Crippen MR) is 91.2 cm³/mol. The van der Waals surface area contributed by atoms with Gasteiger partial charge in [-0.25, -0.2) is 4.98 Å². The summed E-state index contributed by atoms with van der Waals surface area (Å²) < 4.78 is 5.69. The molecular weight excluding hydrogens is 306 g/mol. The van der Waals surface area contributed by atoms with Crippen molar-refractivity contribution >= 4 is 11.8 Å². The molecule has 0 atom stereocenters. The van der Waals surface area contributed by atoms with Crippen molar-refractivity contribution in [1.82, 2.24) is 15.2 Å². The van der Waals surface area contributed by atoms with Gasteiger partial charge in [-0.05, 0) is 13.8 Å². The van der Waals surface area contributed by atoms with E-state index in [0.29, 0.717) is 31.2 Å². The smallest absolute Gasteiger partial charge is 0.239 e. The average Bonchev–Trinajstić information content (AvgIpc) is 3.07. The van der Waals surface area contributed by atoms with Crippen LogP contribution in [0.4, 0.5) is 0 Å². The van der Waals surface area contributed by atoms with Gasteiger partial charge in [-0.15, -0.1) is 0 Å². The molecule has 0 saturated carbocycles. The van der Waals surface area contributed by atoms with Crippen LogP contribution in [0.3, 0.4) is 0 Å². The molecule has 0 bridgehead atoms. The Labute approximate surface area is 141 Å². The molecule has 0 spiro atoms. The standard InChI is InChI=1S/C18H23N3O3/c1-3-19-16(22)13-21(4-2)18(23)11-10-17-20-12-15(24-17)14-8-6-5-7-9-14/h5-9,12H,3-4,10-11,13H2,1-2H3,(H,19,22). The molecule has 1 aromatic heterocycles. The van der Waals surface area contributed by atoms with Crippen LogP contribution in [0.1, 0.15) is 26.2 Å². The van der Waals surface area contributed by atoms with Crippen molar-refractivity contribution < 1.29 is 14.0 Å². The van der Waals surface area contributed by atoms with Gasteiger partial charge in [-0.2, -0.15) is 0 Å². The molecule has 0 aliphatic rings. The van der Waals surface area contributed by atoms with Gasteiger partial charge in [-0.1, -0.05) is 30.3 Å². The topological polar surface area (TPSA) is 75.4 Å². The van der Waals surface area contributed by atoms with Crippen LogP contribution in [0.2, 0.25) is 0 Å². The number of rotatable bonds is 8. The van der Waals surface area contributed by atoms with Gasteiger partial charge in [0, 0.05) is 31.5 Å². The number of nitrogens with zero attached hydrogens (tertiary/aromatic N) is 2. The summed E-state index contributed by atoms with van der Waals surface area (Å²) in [6.07, 6.45) is 2.35. The Bertz CT molecular complexity index is 667. The lowest BCUT2D eigenvalue weighted by molar-refractivity contribution is -0.135. The second kappa shape index (κ2) is 8.86. The molecule has 2 amide bonds. The lowest BCUT2D eigenvalue weighted by Gasteiger charge is -2.19. The summed E-state index contributed by atoms with van der Waals surface area (Å²) in [4.78, 5) is 29.6. The molecule has 0 aliphatic heterocycles. The number of benzene rings is 1. The lowest BCUT2D eigenvalue weighted by Crippen LogP contribution is -2.40. The summed E-state index contributed by atoms with van der Waals surface area (Å²) in [7, 11) is 0. The van der Waals surface area contributed by atoms with E-state index in [9.17, 15) is 9.59 Å². The number of amides is 2. The third-order valence-corrected chi connectivity index (χ3v) is 3.61. The number of aromatic nitrogens is 1. The van der Waals surface area contributed by atoms with Crippen LogP contribution in [0, 0.1) is 0 Å². The first-order valence-electron chi connectivity index (χ1n) is 8.18. The van der Waals surface area contributed by atoms with Crippen LogP contribution >= 0.6 is 0 Å². The van der Waals surface area contributed by atoms with Gasteiger partial charge >= 0.3 is 0 Å². The minimum absolute atomic E-state index is 0.0804.